The fourth-order valence-corrected chi connectivity index (χ4v) is 5.74. The minimum absolute atomic E-state index is 0.0114. The molecule has 1 unspecified atom stereocenters. The van der Waals surface area contributed by atoms with E-state index >= 15 is 0 Å². The lowest BCUT2D eigenvalue weighted by Gasteiger charge is -2.28. The van der Waals surface area contributed by atoms with Gasteiger partial charge in [-0.1, -0.05) is 61.4 Å². The van der Waals surface area contributed by atoms with Gasteiger partial charge in [-0.2, -0.15) is 0 Å². The van der Waals surface area contributed by atoms with Gasteiger partial charge in [0.15, 0.2) is 0 Å². The number of hydrogen-bond acceptors (Lipinski definition) is 4. The van der Waals surface area contributed by atoms with Crippen LogP contribution in [0.1, 0.15) is 62.0 Å². The van der Waals surface area contributed by atoms with Crippen molar-refractivity contribution in [3.05, 3.63) is 59.7 Å². The summed E-state index contributed by atoms with van der Waals surface area (Å²) in [6.45, 7) is -0.0652. The highest BCUT2D eigenvalue weighted by Gasteiger charge is 2.37. The van der Waals surface area contributed by atoms with Crippen molar-refractivity contribution in [1.82, 2.24) is 10.2 Å². The molecule has 2 aromatic carbocycles. The van der Waals surface area contributed by atoms with E-state index < -0.39 is 12.1 Å². The van der Waals surface area contributed by atoms with Crippen molar-refractivity contribution in [3.8, 4) is 11.1 Å². The maximum Gasteiger partial charge on any atom is 0.407 e. The van der Waals surface area contributed by atoms with Crippen molar-refractivity contribution in [2.24, 2.45) is 5.92 Å². The predicted molar refractivity (Wildman–Crippen MR) is 131 cm³/mol. The molecule has 7 nitrogen and oxygen atoms in total. The largest absolute Gasteiger partial charge is 0.480 e. The first-order valence-corrected chi connectivity index (χ1v) is 12.6. The first kappa shape index (κ1) is 23.4. The molecule has 0 radical (unpaired) electrons. The fraction of sp³-hybridized carbons (Fsp3) is 0.464. The van der Waals surface area contributed by atoms with E-state index in [2.05, 4.69) is 29.6 Å². The number of carboxylic acid groups (broad SMARTS) is 1. The molecule has 1 atom stereocenters. The van der Waals surface area contributed by atoms with E-state index in [4.69, 9.17) is 4.74 Å². The molecule has 0 spiro atoms. The molecule has 35 heavy (non-hydrogen) atoms. The van der Waals surface area contributed by atoms with Gasteiger partial charge in [-0.25, -0.2) is 4.79 Å². The van der Waals surface area contributed by atoms with Crippen LogP contribution >= 0.6 is 0 Å². The van der Waals surface area contributed by atoms with Crippen LogP contribution < -0.4 is 5.32 Å². The molecule has 5 rings (SSSR count). The smallest absolute Gasteiger partial charge is 0.407 e. The summed E-state index contributed by atoms with van der Waals surface area (Å²) in [7, 11) is 0. The molecule has 3 aliphatic rings. The fourth-order valence-electron chi connectivity index (χ4n) is 5.74. The maximum absolute atomic E-state index is 13.0. The van der Waals surface area contributed by atoms with Gasteiger partial charge in [0, 0.05) is 24.4 Å². The van der Waals surface area contributed by atoms with Crippen LogP contribution in [-0.4, -0.2) is 53.2 Å². The molecule has 2 N–H and O–H groups in total. The molecule has 0 saturated heterocycles. The van der Waals surface area contributed by atoms with Crippen LogP contribution in [0.2, 0.25) is 0 Å². The summed E-state index contributed by atoms with van der Waals surface area (Å²) >= 11 is 0. The van der Waals surface area contributed by atoms with Crippen molar-refractivity contribution in [1.29, 1.82) is 0 Å². The Labute approximate surface area is 205 Å². The summed E-state index contributed by atoms with van der Waals surface area (Å²) in [4.78, 5) is 38.7. The van der Waals surface area contributed by atoms with E-state index in [9.17, 15) is 19.5 Å². The van der Waals surface area contributed by atoms with Gasteiger partial charge in [-0.3, -0.25) is 9.59 Å². The Balaban J connectivity index is 1.24. The molecule has 3 aliphatic carbocycles. The van der Waals surface area contributed by atoms with E-state index in [0.29, 0.717) is 0 Å². The molecule has 0 bridgehead atoms. The van der Waals surface area contributed by atoms with Crippen molar-refractivity contribution in [2.75, 3.05) is 13.2 Å². The number of benzene rings is 2. The van der Waals surface area contributed by atoms with Crippen LogP contribution in [0.25, 0.3) is 11.1 Å². The normalized spacial score (nSPS) is 17.9. The molecule has 7 heteroatoms. The van der Waals surface area contributed by atoms with Gasteiger partial charge in [0.1, 0.15) is 13.2 Å². The Hall–Kier alpha value is -3.35. The zero-order chi connectivity index (χ0) is 24.4. The molecule has 2 saturated carbocycles. The Bertz CT molecular complexity index is 1060. The van der Waals surface area contributed by atoms with E-state index in [1.54, 1.807) is 0 Å². The molecule has 0 heterocycles. The number of rotatable bonds is 9. The van der Waals surface area contributed by atoms with Crippen molar-refractivity contribution in [3.63, 3.8) is 0 Å². The average Bonchev–Trinajstić information content (AvgIpc) is 3.44. The number of hydrogen-bond donors (Lipinski definition) is 2. The number of nitrogens with zero attached hydrogens (tertiary/aromatic N) is 1. The molecule has 2 fully saturated rings. The monoisotopic (exact) mass is 476 g/mol. The Morgan fingerprint density at radius 1 is 0.943 bits per heavy atom. The van der Waals surface area contributed by atoms with Gasteiger partial charge < -0.3 is 20.1 Å². The van der Waals surface area contributed by atoms with E-state index in [1.165, 1.54) is 16.0 Å². The second kappa shape index (κ2) is 10.1. The molecule has 2 aromatic rings. The first-order chi connectivity index (χ1) is 17.0. The van der Waals surface area contributed by atoms with Crippen LogP contribution in [0, 0.1) is 5.92 Å². The SMILES string of the molecule is O=C(O)CN(C(=O)CC(NC(=O)OCC1c2ccccc2-c2ccccc21)C1CCCC1)C1CC1. The second-order valence-corrected chi connectivity index (χ2v) is 9.97. The Morgan fingerprint density at radius 3 is 2.11 bits per heavy atom. The zero-order valence-electron chi connectivity index (χ0n) is 19.8. The number of nitrogens with one attached hydrogen (secondary N) is 1. The number of ether oxygens (including phenoxy) is 1. The number of carbonyl (C=O) groups excluding carboxylic acids is 2. The summed E-state index contributed by atoms with van der Waals surface area (Å²) in [5.41, 5.74) is 4.64. The van der Waals surface area contributed by atoms with Crippen molar-refractivity contribution in [2.45, 2.75) is 62.9 Å². The maximum atomic E-state index is 13.0. The minimum Gasteiger partial charge on any atom is -0.480 e. The zero-order valence-corrected chi connectivity index (χ0v) is 19.8. The van der Waals surface area contributed by atoms with Gasteiger partial charge in [-0.15, -0.1) is 0 Å². The molecule has 0 aliphatic heterocycles. The Morgan fingerprint density at radius 2 is 1.54 bits per heavy atom. The lowest BCUT2D eigenvalue weighted by molar-refractivity contribution is -0.145. The number of amides is 2. The van der Waals surface area contributed by atoms with Crippen LogP contribution in [0.15, 0.2) is 48.5 Å². The van der Waals surface area contributed by atoms with Crippen molar-refractivity contribution < 1.29 is 24.2 Å². The predicted octanol–water partition coefficient (Wildman–Crippen LogP) is 4.55. The highest BCUT2D eigenvalue weighted by molar-refractivity contribution is 5.83. The standard InChI is InChI=1S/C28H32N2O5/c31-26(30(16-27(32)33)19-13-14-19)15-25(18-7-1-2-8-18)29-28(34)35-17-24-22-11-5-3-9-20(22)21-10-4-6-12-23(21)24/h3-6,9-12,18-19,24-25H,1-2,7-8,13-17H2,(H,29,34)(H,32,33). The van der Waals surface area contributed by atoms with Gasteiger partial charge in [0.05, 0.1) is 0 Å². The van der Waals surface area contributed by atoms with E-state index in [-0.39, 0.29) is 49.4 Å². The second-order valence-electron chi connectivity index (χ2n) is 9.97. The third-order valence-electron chi connectivity index (χ3n) is 7.62. The van der Waals surface area contributed by atoms with Gasteiger partial charge in [0.2, 0.25) is 5.91 Å². The number of aliphatic carboxylic acids is 1. The van der Waals surface area contributed by atoms with Crippen molar-refractivity contribution >= 4 is 18.0 Å². The van der Waals surface area contributed by atoms with Gasteiger partial charge >= 0.3 is 12.1 Å². The third kappa shape index (κ3) is 5.19. The topological polar surface area (TPSA) is 95.9 Å². The summed E-state index contributed by atoms with van der Waals surface area (Å²) in [6, 6.07) is 16.1. The molecule has 0 aromatic heterocycles. The van der Waals surface area contributed by atoms with Crippen LogP contribution in [-0.2, 0) is 14.3 Å². The lowest BCUT2D eigenvalue weighted by Crippen LogP contribution is -2.46. The van der Waals surface area contributed by atoms with Gasteiger partial charge in [0.25, 0.3) is 0 Å². The highest BCUT2D eigenvalue weighted by Crippen LogP contribution is 2.44. The van der Waals surface area contributed by atoms with Gasteiger partial charge in [-0.05, 0) is 53.9 Å². The lowest BCUT2D eigenvalue weighted by atomic mass is 9.95. The average molecular weight is 477 g/mol. The first-order valence-electron chi connectivity index (χ1n) is 12.6. The number of carbonyl (C=O) groups is 3. The number of fused-ring (bicyclic) bond motifs is 3. The van der Waals surface area contributed by atoms with E-state index in [0.717, 1.165) is 49.7 Å². The molecule has 184 valence electrons. The quantitative estimate of drug-likeness (QED) is 0.554. The Kier molecular flexibility index (Phi) is 6.75. The molecular weight excluding hydrogens is 444 g/mol. The third-order valence-corrected chi connectivity index (χ3v) is 7.62. The summed E-state index contributed by atoms with van der Waals surface area (Å²) < 4.78 is 5.73. The van der Waals surface area contributed by atoms with Crippen LogP contribution in [0.4, 0.5) is 4.79 Å². The van der Waals surface area contributed by atoms with E-state index in [1.807, 2.05) is 24.3 Å². The highest BCUT2D eigenvalue weighted by atomic mass is 16.5. The summed E-state index contributed by atoms with van der Waals surface area (Å²) in [5.74, 6) is -1.04. The molecular formula is C28H32N2O5. The minimum atomic E-state index is -1.01. The van der Waals surface area contributed by atoms with Crippen LogP contribution in [0.5, 0.6) is 0 Å². The summed E-state index contributed by atoms with van der Waals surface area (Å²) in [5, 5.41) is 12.2. The van der Waals surface area contributed by atoms with Crippen LogP contribution in [0.3, 0.4) is 0 Å². The summed E-state index contributed by atoms with van der Waals surface area (Å²) in [6.07, 6.45) is 5.31. The molecule has 2 amide bonds. The number of alkyl carbamates (subject to hydrolysis) is 1. The number of carboxylic acids is 1.